The van der Waals surface area contributed by atoms with Gasteiger partial charge in [0.1, 0.15) is 5.75 Å². The van der Waals surface area contributed by atoms with Crippen LogP contribution in [-0.2, 0) is 5.88 Å². The molecule has 0 aliphatic rings. The van der Waals surface area contributed by atoms with Crippen molar-refractivity contribution in [1.29, 1.82) is 0 Å². The van der Waals surface area contributed by atoms with E-state index in [9.17, 15) is 0 Å². The minimum Gasteiger partial charge on any atom is -0.439 e. The Hall–Kier alpha value is -1.06. The molecule has 0 saturated heterocycles. The van der Waals surface area contributed by atoms with Gasteiger partial charge in [-0.25, -0.2) is 4.98 Å². The van der Waals surface area contributed by atoms with Gasteiger partial charge in [-0.15, -0.1) is 11.6 Å². The van der Waals surface area contributed by atoms with Crippen molar-refractivity contribution >= 4 is 27.5 Å². The highest BCUT2D eigenvalue weighted by atomic mass is 79.9. The summed E-state index contributed by atoms with van der Waals surface area (Å²) in [7, 11) is 0. The number of benzene rings is 1. The summed E-state index contributed by atoms with van der Waals surface area (Å²) in [5.74, 6) is 1.84. The Morgan fingerprint density at radius 3 is 2.71 bits per heavy atom. The van der Waals surface area contributed by atoms with Crippen LogP contribution in [0.4, 0.5) is 0 Å². The van der Waals surface area contributed by atoms with Gasteiger partial charge in [0, 0.05) is 22.6 Å². The summed E-state index contributed by atoms with van der Waals surface area (Å²) in [6, 6.07) is 9.58. The van der Waals surface area contributed by atoms with E-state index in [4.69, 9.17) is 16.3 Å². The molecular formula is C13H11BrClNO. The van der Waals surface area contributed by atoms with Crippen LogP contribution >= 0.6 is 27.5 Å². The summed E-state index contributed by atoms with van der Waals surface area (Å²) in [5, 5.41) is 0. The van der Waals surface area contributed by atoms with Crippen molar-refractivity contribution in [2.75, 3.05) is 0 Å². The average molecular weight is 313 g/mol. The van der Waals surface area contributed by atoms with Gasteiger partial charge in [-0.05, 0) is 36.2 Å². The number of halogens is 2. The summed E-state index contributed by atoms with van der Waals surface area (Å²) in [5.41, 5.74) is 2.04. The van der Waals surface area contributed by atoms with Crippen molar-refractivity contribution in [3.8, 4) is 11.6 Å². The molecule has 2 aromatic rings. The molecule has 0 bridgehead atoms. The van der Waals surface area contributed by atoms with Crippen LogP contribution in [0.25, 0.3) is 0 Å². The largest absolute Gasteiger partial charge is 0.439 e. The smallest absolute Gasteiger partial charge is 0.219 e. The lowest BCUT2D eigenvalue weighted by Crippen LogP contribution is -1.91. The maximum atomic E-state index is 5.70. The van der Waals surface area contributed by atoms with E-state index in [1.807, 2.05) is 37.3 Å². The lowest BCUT2D eigenvalue weighted by molar-refractivity contribution is 0.459. The maximum Gasteiger partial charge on any atom is 0.219 e. The number of pyridine rings is 1. The zero-order valence-corrected chi connectivity index (χ0v) is 11.6. The Morgan fingerprint density at radius 1 is 1.29 bits per heavy atom. The standard InChI is InChI=1S/C13H11BrClNO/c1-9-6-11(14)3-4-12(9)17-13-5-2-10(7-15)8-16-13/h2-6,8H,7H2,1H3. The predicted molar refractivity (Wildman–Crippen MR) is 72.7 cm³/mol. The fraction of sp³-hybridized carbons (Fsp3) is 0.154. The van der Waals surface area contributed by atoms with E-state index in [0.717, 1.165) is 21.3 Å². The number of hydrogen-bond acceptors (Lipinski definition) is 2. The molecule has 0 atom stereocenters. The van der Waals surface area contributed by atoms with Crippen LogP contribution in [0.15, 0.2) is 41.0 Å². The molecule has 0 fully saturated rings. The van der Waals surface area contributed by atoms with Crippen molar-refractivity contribution in [2.45, 2.75) is 12.8 Å². The van der Waals surface area contributed by atoms with Crippen molar-refractivity contribution in [3.63, 3.8) is 0 Å². The van der Waals surface area contributed by atoms with Crippen LogP contribution < -0.4 is 4.74 Å². The van der Waals surface area contributed by atoms with Crippen molar-refractivity contribution in [3.05, 3.63) is 52.1 Å². The third kappa shape index (κ3) is 3.20. The van der Waals surface area contributed by atoms with Crippen LogP contribution in [0, 0.1) is 6.92 Å². The van der Waals surface area contributed by atoms with Crippen molar-refractivity contribution < 1.29 is 4.74 Å². The fourth-order valence-electron chi connectivity index (χ4n) is 1.39. The van der Waals surface area contributed by atoms with Gasteiger partial charge < -0.3 is 4.74 Å². The normalized spacial score (nSPS) is 10.3. The molecule has 4 heteroatoms. The first kappa shape index (κ1) is 12.4. The molecule has 88 valence electrons. The molecule has 0 unspecified atom stereocenters. The zero-order chi connectivity index (χ0) is 12.3. The van der Waals surface area contributed by atoms with Gasteiger partial charge in [0.2, 0.25) is 5.88 Å². The molecule has 2 nitrogen and oxygen atoms in total. The van der Waals surface area contributed by atoms with E-state index < -0.39 is 0 Å². The van der Waals surface area contributed by atoms with Gasteiger partial charge in [0.15, 0.2) is 0 Å². The Balaban J connectivity index is 2.19. The van der Waals surface area contributed by atoms with Crippen LogP contribution in [0.1, 0.15) is 11.1 Å². The third-order valence-electron chi connectivity index (χ3n) is 2.30. The number of nitrogens with zero attached hydrogens (tertiary/aromatic N) is 1. The molecule has 1 aromatic carbocycles. The highest BCUT2D eigenvalue weighted by Crippen LogP contribution is 2.26. The minimum absolute atomic E-state index is 0.463. The molecule has 0 spiro atoms. The first-order chi connectivity index (χ1) is 8.19. The van der Waals surface area contributed by atoms with Gasteiger partial charge in [-0.1, -0.05) is 22.0 Å². The molecule has 0 N–H and O–H groups in total. The Kier molecular flexibility index (Phi) is 4.02. The van der Waals surface area contributed by atoms with E-state index in [1.165, 1.54) is 0 Å². The second kappa shape index (κ2) is 5.52. The molecule has 0 aliphatic heterocycles. The quantitative estimate of drug-likeness (QED) is 0.767. The molecule has 0 saturated carbocycles. The highest BCUT2D eigenvalue weighted by molar-refractivity contribution is 9.10. The van der Waals surface area contributed by atoms with E-state index in [1.54, 1.807) is 6.20 Å². The summed E-state index contributed by atoms with van der Waals surface area (Å²) >= 11 is 9.11. The van der Waals surface area contributed by atoms with Gasteiger partial charge in [-0.2, -0.15) is 0 Å². The molecule has 0 amide bonds. The zero-order valence-electron chi connectivity index (χ0n) is 9.28. The Morgan fingerprint density at radius 2 is 2.12 bits per heavy atom. The molecule has 0 radical (unpaired) electrons. The summed E-state index contributed by atoms with van der Waals surface area (Å²) in [6.07, 6.45) is 1.72. The predicted octanol–water partition coefficient (Wildman–Crippen LogP) is 4.68. The number of ether oxygens (including phenoxy) is 1. The number of aryl methyl sites for hydroxylation is 1. The topological polar surface area (TPSA) is 22.1 Å². The Bertz CT molecular complexity index is 513. The van der Waals surface area contributed by atoms with E-state index >= 15 is 0 Å². The lowest BCUT2D eigenvalue weighted by atomic mass is 10.2. The van der Waals surface area contributed by atoms with E-state index in [2.05, 4.69) is 20.9 Å². The molecule has 1 heterocycles. The summed E-state index contributed by atoms with van der Waals surface area (Å²) in [4.78, 5) is 4.19. The SMILES string of the molecule is Cc1cc(Br)ccc1Oc1ccc(CCl)cn1. The fourth-order valence-corrected chi connectivity index (χ4v) is 2.02. The molecule has 0 aliphatic carbocycles. The highest BCUT2D eigenvalue weighted by Gasteiger charge is 2.03. The van der Waals surface area contributed by atoms with Gasteiger partial charge in [0.05, 0.1) is 0 Å². The number of hydrogen-bond donors (Lipinski definition) is 0. The van der Waals surface area contributed by atoms with Gasteiger partial charge >= 0.3 is 0 Å². The summed E-state index contributed by atoms with van der Waals surface area (Å²) < 4.78 is 6.72. The van der Waals surface area contributed by atoms with Gasteiger partial charge in [0.25, 0.3) is 0 Å². The van der Waals surface area contributed by atoms with Crippen LogP contribution in [0.2, 0.25) is 0 Å². The first-order valence-corrected chi connectivity index (χ1v) is 6.46. The number of alkyl halides is 1. The second-order valence-corrected chi connectivity index (χ2v) is 4.83. The van der Waals surface area contributed by atoms with Crippen LogP contribution in [0.5, 0.6) is 11.6 Å². The van der Waals surface area contributed by atoms with E-state index in [-0.39, 0.29) is 0 Å². The molecule has 1 aromatic heterocycles. The average Bonchev–Trinajstić information content (AvgIpc) is 2.34. The van der Waals surface area contributed by atoms with Gasteiger partial charge in [-0.3, -0.25) is 0 Å². The molecule has 2 rings (SSSR count). The second-order valence-electron chi connectivity index (χ2n) is 3.65. The van der Waals surface area contributed by atoms with Crippen molar-refractivity contribution in [2.24, 2.45) is 0 Å². The number of rotatable bonds is 3. The maximum absolute atomic E-state index is 5.70. The molecule has 17 heavy (non-hydrogen) atoms. The number of aromatic nitrogens is 1. The first-order valence-electron chi connectivity index (χ1n) is 5.14. The van der Waals surface area contributed by atoms with Crippen molar-refractivity contribution in [1.82, 2.24) is 4.98 Å². The van der Waals surface area contributed by atoms with E-state index in [0.29, 0.717) is 11.8 Å². The lowest BCUT2D eigenvalue weighted by Gasteiger charge is -2.08. The monoisotopic (exact) mass is 311 g/mol. The van der Waals surface area contributed by atoms with Crippen LogP contribution in [-0.4, -0.2) is 4.98 Å². The Labute approximate surface area is 114 Å². The third-order valence-corrected chi connectivity index (χ3v) is 3.11. The molecular weight excluding hydrogens is 302 g/mol. The minimum atomic E-state index is 0.463. The van der Waals surface area contributed by atoms with Crippen LogP contribution in [0.3, 0.4) is 0 Å². The summed E-state index contributed by atoms with van der Waals surface area (Å²) in [6.45, 7) is 1.99.